The highest BCUT2D eigenvalue weighted by molar-refractivity contribution is 5.38. The van der Waals surface area contributed by atoms with Crippen LogP contribution >= 0.6 is 0 Å². The van der Waals surface area contributed by atoms with Crippen molar-refractivity contribution < 1.29 is 4.74 Å². The van der Waals surface area contributed by atoms with Crippen LogP contribution in [0.1, 0.15) is 29.4 Å². The Kier molecular flexibility index (Phi) is 5.32. The fourth-order valence-electron chi connectivity index (χ4n) is 4.26. The summed E-state index contributed by atoms with van der Waals surface area (Å²) in [6.45, 7) is 2.88. The molecule has 0 spiro atoms. The molecule has 0 N–H and O–H groups in total. The molecule has 0 radical (unpaired) electrons. The van der Waals surface area contributed by atoms with Crippen LogP contribution in [0.3, 0.4) is 0 Å². The minimum atomic E-state index is 0.156. The van der Waals surface area contributed by atoms with Crippen molar-refractivity contribution in [2.24, 2.45) is 0 Å². The summed E-state index contributed by atoms with van der Waals surface area (Å²) in [5.74, 6) is 1.71. The highest BCUT2D eigenvalue weighted by Crippen LogP contribution is 2.35. The Balaban J connectivity index is 1.51. The zero-order valence-corrected chi connectivity index (χ0v) is 16.9. The molecular weight excluding hydrogens is 370 g/mol. The highest BCUT2D eigenvalue weighted by atomic mass is 16.5. The van der Waals surface area contributed by atoms with Crippen LogP contribution in [0.5, 0.6) is 11.5 Å². The van der Waals surface area contributed by atoms with Crippen molar-refractivity contribution >= 4 is 0 Å². The molecule has 4 heteroatoms. The minimum Gasteiger partial charge on any atom is -0.457 e. The summed E-state index contributed by atoms with van der Waals surface area (Å²) < 4.78 is 8.51. The number of fused-ring (bicyclic) bond motifs is 1. The number of hydrogen-bond acceptors (Lipinski definition) is 3. The molecule has 5 rings (SSSR count). The van der Waals surface area contributed by atoms with E-state index in [1.165, 1.54) is 11.3 Å². The van der Waals surface area contributed by atoms with E-state index < -0.39 is 0 Å². The number of para-hydroxylation sites is 1. The van der Waals surface area contributed by atoms with Gasteiger partial charge in [-0.25, -0.2) is 0 Å². The predicted molar refractivity (Wildman–Crippen MR) is 118 cm³/mol. The van der Waals surface area contributed by atoms with Crippen molar-refractivity contribution in [3.8, 4) is 11.5 Å². The van der Waals surface area contributed by atoms with E-state index in [4.69, 9.17) is 4.74 Å². The van der Waals surface area contributed by atoms with Crippen molar-refractivity contribution in [1.82, 2.24) is 14.5 Å². The smallest absolute Gasteiger partial charge is 0.127 e. The lowest BCUT2D eigenvalue weighted by Gasteiger charge is -2.30. The van der Waals surface area contributed by atoms with Crippen LogP contribution in [-0.2, 0) is 13.1 Å². The third kappa shape index (κ3) is 4.00. The first-order chi connectivity index (χ1) is 14.9. The number of aryl methyl sites for hydroxylation is 1. The van der Waals surface area contributed by atoms with Gasteiger partial charge in [-0.3, -0.25) is 9.88 Å². The summed E-state index contributed by atoms with van der Waals surface area (Å²) in [4.78, 5) is 7.11. The standard InChI is InChI=1S/C26H25N3O/c1-2-11-23(12-3-1)30-24-13-6-9-21(19-24)26-25-14-7-16-28(25)17-8-18-29(26)20-22-10-4-5-15-27-22/h1-7,9-16,19,26H,8,17-18,20H2. The maximum Gasteiger partial charge on any atom is 0.127 e. The average Bonchev–Trinajstić information content (AvgIpc) is 3.17. The Hall–Kier alpha value is -3.37. The van der Waals surface area contributed by atoms with Gasteiger partial charge >= 0.3 is 0 Å². The average molecular weight is 396 g/mol. The molecule has 1 atom stereocenters. The molecule has 2 aromatic heterocycles. The molecule has 0 aliphatic carbocycles. The van der Waals surface area contributed by atoms with Gasteiger partial charge in [0.2, 0.25) is 0 Å². The number of aromatic nitrogens is 2. The molecule has 1 aliphatic rings. The normalized spacial score (nSPS) is 16.6. The van der Waals surface area contributed by atoms with Gasteiger partial charge in [-0.05, 0) is 60.5 Å². The summed E-state index contributed by atoms with van der Waals surface area (Å²) in [5, 5.41) is 0. The summed E-state index contributed by atoms with van der Waals surface area (Å²) in [6.07, 6.45) is 5.18. The van der Waals surface area contributed by atoms with E-state index in [-0.39, 0.29) is 6.04 Å². The zero-order valence-electron chi connectivity index (χ0n) is 16.9. The molecule has 1 unspecified atom stereocenters. The van der Waals surface area contributed by atoms with Gasteiger partial charge in [0.25, 0.3) is 0 Å². The van der Waals surface area contributed by atoms with Gasteiger partial charge in [0.1, 0.15) is 11.5 Å². The van der Waals surface area contributed by atoms with Crippen molar-refractivity contribution in [2.75, 3.05) is 6.54 Å². The Bertz CT molecular complexity index is 1090. The molecule has 1 aliphatic heterocycles. The topological polar surface area (TPSA) is 30.3 Å². The molecule has 0 bridgehead atoms. The van der Waals surface area contributed by atoms with E-state index in [1.54, 1.807) is 0 Å². The van der Waals surface area contributed by atoms with Gasteiger partial charge in [-0.1, -0.05) is 36.4 Å². The monoisotopic (exact) mass is 395 g/mol. The number of benzene rings is 2. The Morgan fingerprint density at radius 3 is 2.57 bits per heavy atom. The fraction of sp³-hybridized carbons (Fsp3) is 0.192. The van der Waals surface area contributed by atoms with Crippen molar-refractivity contribution in [1.29, 1.82) is 0 Å². The van der Waals surface area contributed by atoms with Gasteiger partial charge in [0, 0.05) is 37.7 Å². The maximum atomic E-state index is 6.13. The number of rotatable bonds is 5. The second-order valence-corrected chi connectivity index (χ2v) is 7.66. The number of nitrogens with zero attached hydrogens (tertiary/aromatic N) is 3. The van der Waals surface area contributed by atoms with Gasteiger partial charge < -0.3 is 9.30 Å². The first-order valence-corrected chi connectivity index (χ1v) is 10.5. The summed E-state index contributed by atoms with van der Waals surface area (Å²) in [5.41, 5.74) is 3.65. The number of hydrogen-bond donors (Lipinski definition) is 0. The Morgan fingerprint density at radius 1 is 0.833 bits per heavy atom. The molecule has 30 heavy (non-hydrogen) atoms. The lowest BCUT2D eigenvalue weighted by atomic mass is 10.0. The SMILES string of the molecule is c1ccc(Oc2cccc(C3c4cccn4CCCN3Cc3ccccn3)c2)cc1. The molecular formula is C26H25N3O. The van der Waals surface area contributed by atoms with Crippen molar-refractivity contribution in [3.63, 3.8) is 0 Å². The van der Waals surface area contributed by atoms with Gasteiger partial charge in [-0.15, -0.1) is 0 Å². The predicted octanol–water partition coefficient (Wildman–Crippen LogP) is 5.67. The van der Waals surface area contributed by atoms with Crippen molar-refractivity contribution in [2.45, 2.75) is 25.6 Å². The second-order valence-electron chi connectivity index (χ2n) is 7.66. The first kappa shape index (κ1) is 18.6. The largest absolute Gasteiger partial charge is 0.457 e. The minimum absolute atomic E-state index is 0.156. The molecule has 3 heterocycles. The van der Waals surface area contributed by atoms with E-state index >= 15 is 0 Å². The maximum absolute atomic E-state index is 6.13. The molecule has 0 fully saturated rings. The van der Waals surface area contributed by atoms with Crippen LogP contribution in [0.25, 0.3) is 0 Å². The number of ether oxygens (including phenoxy) is 1. The van der Waals surface area contributed by atoms with E-state index in [1.807, 2.05) is 48.7 Å². The van der Waals surface area contributed by atoms with E-state index in [2.05, 4.69) is 63.1 Å². The molecule has 4 aromatic rings. The van der Waals surface area contributed by atoms with Gasteiger partial charge in [0.15, 0.2) is 0 Å². The fourth-order valence-corrected chi connectivity index (χ4v) is 4.26. The number of pyridine rings is 1. The lowest BCUT2D eigenvalue weighted by Crippen LogP contribution is -2.29. The van der Waals surface area contributed by atoms with E-state index in [9.17, 15) is 0 Å². The third-order valence-electron chi connectivity index (χ3n) is 5.60. The molecule has 0 saturated carbocycles. The summed E-state index contributed by atoms with van der Waals surface area (Å²) in [6, 6.07) is 29.1. The third-order valence-corrected chi connectivity index (χ3v) is 5.60. The quantitative estimate of drug-likeness (QED) is 0.436. The van der Waals surface area contributed by atoms with Crippen LogP contribution in [0.4, 0.5) is 0 Å². The van der Waals surface area contributed by atoms with Crippen LogP contribution < -0.4 is 4.74 Å². The summed E-state index contributed by atoms with van der Waals surface area (Å²) in [7, 11) is 0. The van der Waals surface area contributed by atoms with Crippen LogP contribution in [0.2, 0.25) is 0 Å². The van der Waals surface area contributed by atoms with Gasteiger partial charge in [-0.2, -0.15) is 0 Å². The Morgan fingerprint density at radius 2 is 1.70 bits per heavy atom. The second kappa shape index (κ2) is 8.56. The molecule has 150 valence electrons. The highest BCUT2D eigenvalue weighted by Gasteiger charge is 2.28. The van der Waals surface area contributed by atoms with Gasteiger partial charge in [0.05, 0.1) is 11.7 Å². The zero-order chi connectivity index (χ0) is 20.2. The molecule has 4 nitrogen and oxygen atoms in total. The molecule has 2 aromatic carbocycles. The Labute approximate surface area is 177 Å². The van der Waals surface area contributed by atoms with Crippen LogP contribution in [-0.4, -0.2) is 21.0 Å². The van der Waals surface area contributed by atoms with Crippen LogP contribution in [0.15, 0.2) is 97.3 Å². The molecule has 0 amide bonds. The molecule has 0 saturated heterocycles. The van der Waals surface area contributed by atoms with E-state index in [0.29, 0.717) is 0 Å². The summed E-state index contributed by atoms with van der Waals surface area (Å²) >= 11 is 0. The van der Waals surface area contributed by atoms with E-state index in [0.717, 1.165) is 43.2 Å². The van der Waals surface area contributed by atoms with Crippen LogP contribution in [0, 0.1) is 0 Å². The first-order valence-electron chi connectivity index (χ1n) is 10.5. The van der Waals surface area contributed by atoms with Crippen molar-refractivity contribution in [3.05, 3.63) is 114 Å². The lowest BCUT2D eigenvalue weighted by molar-refractivity contribution is 0.217.